The molecule has 2 amide bonds. The number of aryl methyl sites for hydroxylation is 1. The number of benzene rings is 2. The van der Waals surface area contributed by atoms with Crippen molar-refractivity contribution in [3.63, 3.8) is 0 Å². The van der Waals surface area contributed by atoms with Gasteiger partial charge in [0.2, 0.25) is 0 Å². The molecule has 2 N–H and O–H groups in total. The Morgan fingerprint density at radius 1 is 1.13 bits per heavy atom. The van der Waals surface area contributed by atoms with Gasteiger partial charge in [-0.05, 0) is 48.4 Å². The van der Waals surface area contributed by atoms with Crippen molar-refractivity contribution >= 4 is 17.5 Å². The second-order valence-electron chi connectivity index (χ2n) is 4.95. The van der Waals surface area contributed by atoms with Crippen LogP contribution in [0.3, 0.4) is 0 Å². The second-order valence-corrected chi connectivity index (χ2v) is 4.95. The third kappa shape index (κ3) is 4.54. The minimum Gasteiger partial charge on any atom is -0.497 e. The molecule has 2 rings (SSSR count). The number of methoxy groups -OCH3 is 1. The predicted molar refractivity (Wildman–Crippen MR) is 84.6 cm³/mol. The van der Waals surface area contributed by atoms with E-state index in [-0.39, 0.29) is 6.54 Å². The topological polar surface area (TPSA) is 67.4 Å². The smallest absolute Gasteiger partial charge is 0.313 e. The molecule has 23 heavy (non-hydrogen) atoms. The van der Waals surface area contributed by atoms with Crippen LogP contribution in [0.5, 0.6) is 5.75 Å². The normalized spacial score (nSPS) is 10.0. The minimum atomic E-state index is -0.803. The Morgan fingerprint density at radius 2 is 1.91 bits per heavy atom. The first kappa shape index (κ1) is 16.5. The van der Waals surface area contributed by atoms with E-state index >= 15 is 0 Å². The Labute approximate surface area is 133 Å². The molecular weight excluding hydrogens is 299 g/mol. The molecule has 2 aromatic carbocycles. The molecule has 120 valence electrons. The number of carbonyl (C=O) groups is 2. The van der Waals surface area contributed by atoms with Gasteiger partial charge in [0.25, 0.3) is 0 Å². The highest BCUT2D eigenvalue weighted by molar-refractivity contribution is 6.39. The molecule has 0 saturated heterocycles. The number of carbonyl (C=O) groups excluding carboxylic acids is 2. The van der Waals surface area contributed by atoms with Crippen molar-refractivity contribution in [1.82, 2.24) is 5.32 Å². The molecule has 0 unspecified atom stereocenters. The molecule has 0 radical (unpaired) electrons. The Hall–Kier alpha value is -2.89. The van der Waals surface area contributed by atoms with Crippen molar-refractivity contribution in [2.45, 2.75) is 13.5 Å². The van der Waals surface area contributed by atoms with Gasteiger partial charge in [-0.1, -0.05) is 12.1 Å². The van der Waals surface area contributed by atoms with Crippen molar-refractivity contribution in [2.24, 2.45) is 0 Å². The van der Waals surface area contributed by atoms with E-state index in [0.717, 1.165) is 5.56 Å². The first-order valence-corrected chi connectivity index (χ1v) is 6.98. The highest BCUT2D eigenvalue weighted by Crippen LogP contribution is 2.15. The molecule has 0 fully saturated rings. The number of halogens is 1. The van der Waals surface area contributed by atoms with E-state index in [0.29, 0.717) is 17.0 Å². The highest BCUT2D eigenvalue weighted by atomic mass is 19.1. The van der Waals surface area contributed by atoms with E-state index in [1.807, 2.05) is 6.07 Å². The Morgan fingerprint density at radius 3 is 2.61 bits per heavy atom. The number of hydrogen-bond donors (Lipinski definition) is 2. The monoisotopic (exact) mass is 316 g/mol. The SMILES string of the molecule is COc1cccc(CNC(=O)C(=O)Nc2ccc(F)cc2C)c1. The Bertz CT molecular complexity index is 732. The fraction of sp³-hybridized carbons (Fsp3) is 0.176. The molecule has 0 heterocycles. The standard InChI is InChI=1S/C17H17FN2O3/c1-11-8-13(18)6-7-15(11)20-17(22)16(21)19-10-12-4-3-5-14(9-12)23-2/h3-9H,10H2,1-2H3,(H,19,21)(H,20,22). The summed E-state index contributed by atoms with van der Waals surface area (Å²) >= 11 is 0. The van der Waals surface area contributed by atoms with Crippen molar-refractivity contribution in [2.75, 3.05) is 12.4 Å². The van der Waals surface area contributed by atoms with Crippen LogP contribution in [-0.4, -0.2) is 18.9 Å². The lowest BCUT2D eigenvalue weighted by Gasteiger charge is -2.09. The molecule has 5 nitrogen and oxygen atoms in total. The van der Waals surface area contributed by atoms with Crippen molar-refractivity contribution < 1.29 is 18.7 Å². The quantitative estimate of drug-likeness (QED) is 0.851. The molecule has 0 aromatic heterocycles. The summed E-state index contributed by atoms with van der Waals surface area (Å²) in [4.78, 5) is 23.7. The van der Waals surface area contributed by atoms with E-state index in [1.54, 1.807) is 32.2 Å². The lowest BCUT2D eigenvalue weighted by molar-refractivity contribution is -0.136. The van der Waals surface area contributed by atoms with E-state index in [4.69, 9.17) is 4.74 Å². The van der Waals surface area contributed by atoms with Gasteiger partial charge in [-0.2, -0.15) is 0 Å². The number of ether oxygens (including phenoxy) is 1. The fourth-order valence-corrected chi connectivity index (χ4v) is 1.99. The fourth-order valence-electron chi connectivity index (χ4n) is 1.99. The van der Waals surface area contributed by atoms with Crippen LogP contribution in [0, 0.1) is 12.7 Å². The van der Waals surface area contributed by atoms with Gasteiger partial charge in [0.15, 0.2) is 0 Å². The molecule has 0 spiro atoms. The number of amides is 2. The molecular formula is C17H17FN2O3. The van der Waals surface area contributed by atoms with Crippen molar-refractivity contribution in [3.8, 4) is 5.75 Å². The van der Waals surface area contributed by atoms with Crippen LogP contribution in [0.15, 0.2) is 42.5 Å². The van der Waals surface area contributed by atoms with Gasteiger partial charge in [0.05, 0.1) is 7.11 Å². The zero-order valence-corrected chi connectivity index (χ0v) is 12.9. The van der Waals surface area contributed by atoms with Crippen molar-refractivity contribution in [3.05, 3.63) is 59.4 Å². The zero-order valence-electron chi connectivity index (χ0n) is 12.9. The summed E-state index contributed by atoms with van der Waals surface area (Å²) < 4.78 is 18.1. The maximum atomic E-state index is 13.0. The molecule has 0 saturated carbocycles. The van der Waals surface area contributed by atoms with Gasteiger partial charge < -0.3 is 15.4 Å². The Balaban J connectivity index is 1.93. The average molecular weight is 316 g/mol. The number of hydrogen-bond acceptors (Lipinski definition) is 3. The molecule has 0 bridgehead atoms. The summed E-state index contributed by atoms with van der Waals surface area (Å²) in [5.41, 5.74) is 1.75. The molecule has 0 aliphatic rings. The molecule has 0 atom stereocenters. The van der Waals surface area contributed by atoms with E-state index < -0.39 is 17.6 Å². The molecule has 2 aromatic rings. The van der Waals surface area contributed by atoms with Gasteiger partial charge >= 0.3 is 11.8 Å². The maximum Gasteiger partial charge on any atom is 0.313 e. The second kappa shape index (κ2) is 7.40. The largest absolute Gasteiger partial charge is 0.497 e. The van der Waals surface area contributed by atoms with Crippen LogP contribution in [0.2, 0.25) is 0 Å². The van der Waals surface area contributed by atoms with Crippen molar-refractivity contribution in [1.29, 1.82) is 0 Å². The van der Waals surface area contributed by atoms with Crippen LogP contribution < -0.4 is 15.4 Å². The summed E-state index contributed by atoms with van der Waals surface area (Å²) in [6.45, 7) is 1.85. The molecule has 6 heteroatoms. The lowest BCUT2D eigenvalue weighted by Crippen LogP contribution is -2.35. The van der Waals surface area contributed by atoms with Gasteiger partial charge in [0, 0.05) is 12.2 Å². The molecule has 0 aliphatic carbocycles. The van der Waals surface area contributed by atoms with Crippen LogP contribution in [0.1, 0.15) is 11.1 Å². The van der Waals surface area contributed by atoms with E-state index in [2.05, 4.69) is 10.6 Å². The van der Waals surface area contributed by atoms with Crippen LogP contribution in [0.25, 0.3) is 0 Å². The van der Waals surface area contributed by atoms with Gasteiger partial charge in [-0.25, -0.2) is 4.39 Å². The summed E-state index contributed by atoms with van der Waals surface area (Å²) in [7, 11) is 1.55. The Kier molecular flexibility index (Phi) is 5.30. The molecule has 0 aliphatic heterocycles. The average Bonchev–Trinajstić information content (AvgIpc) is 2.55. The van der Waals surface area contributed by atoms with Gasteiger partial charge in [0.1, 0.15) is 11.6 Å². The third-order valence-electron chi connectivity index (χ3n) is 3.23. The summed E-state index contributed by atoms with van der Waals surface area (Å²) in [6, 6.07) is 11.1. The maximum absolute atomic E-state index is 13.0. The summed E-state index contributed by atoms with van der Waals surface area (Å²) in [6.07, 6.45) is 0. The predicted octanol–water partition coefficient (Wildman–Crippen LogP) is 2.40. The number of nitrogens with one attached hydrogen (secondary N) is 2. The highest BCUT2D eigenvalue weighted by Gasteiger charge is 2.14. The van der Waals surface area contributed by atoms with E-state index in [1.165, 1.54) is 18.2 Å². The minimum absolute atomic E-state index is 0.200. The van der Waals surface area contributed by atoms with Gasteiger partial charge in [-0.3, -0.25) is 9.59 Å². The number of anilines is 1. The van der Waals surface area contributed by atoms with Gasteiger partial charge in [-0.15, -0.1) is 0 Å². The van der Waals surface area contributed by atoms with Crippen LogP contribution in [0.4, 0.5) is 10.1 Å². The third-order valence-corrected chi connectivity index (χ3v) is 3.23. The first-order chi connectivity index (χ1) is 11.0. The lowest BCUT2D eigenvalue weighted by atomic mass is 10.2. The number of rotatable bonds is 4. The van der Waals surface area contributed by atoms with Crippen LogP contribution in [-0.2, 0) is 16.1 Å². The van der Waals surface area contributed by atoms with Crippen LogP contribution >= 0.6 is 0 Å². The first-order valence-electron chi connectivity index (χ1n) is 6.98. The summed E-state index contributed by atoms with van der Waals surface area (Å²) in [5.74, 6) is -1.30. The summed E-state index contributed by atoms with van der Waals surface area (Å²) in [5, 5.41) is 4.97. The van der Waals surface area contributed by atoms with E-state index in [9.17, 15) is 14.0 Å². The zero-order chi connectivity index (χ0) is 16.8.